The number of nitrogens with one attached hydrogen (secondary N) is 2. The molecule has 2 heterocycles. The highest BCUT2D eigenvalue weighted by Gasteiger charge is 2.16. The molecule has 1 aliphatic heterocycles. The molecular formula is C18H11ClN4. The summed E-state index contributed by atoms with van der Waals surface area (Å²) >= 11 is 6.07. The average Bonchev–Trinajstić information content (AvgIpc) is 2.56. The maximum atomic E-state index is 6.07. The molecule has 23 heavy (non-hydrogen) atoms. The third-order valence-electron chi connectivity index (χ3n) is 4.00. The van der Waals surface area contributed by atoms with E-state index in [-0.39, 0.29) is 0 Å². The minimum atomic E-state index is 0.702. The zero-order chi connectivity index (χ0) is 15.4. The van der Waals surface area contributed by atoms with E-state index in [9.17, 15) is 0 Å². The van der Waals surface area contributed by atoms with Crippen molar-refractivity contribution < 1.29 is 0 Å². The lowest BCUT2D eigenvalue weighted by Gasteiger charge is -2.23. The van der Waals surface area contributed by atoms with Crippen LogP contribution < -0.4 is 10.6 Å². The fourth-order valence-electron chi connectivity index (χ4n) is 2.89. The van der Waals surface area contributed by atoms with Gasteiger partial charge in [-0.3, -0.25) is 0 Å². The summed E-state index contributed by atoms with van der Waals surface area (Å²) in [7, 11) is 0. The third-order valence-corrected chi connectivity index (χ3v) is 4.23. The van der Waals surface area contributed by atoms with Crippen LogP contribution in [0.2, 0.25) is 5.02 Å². The maximum Gasteiger partial charge on any atom is 0.0916 e. The fraction of sp³-hybridized carbons (Fsp3) is 0. The minimum Gasteiger partial charge on any atom is -0.352 e. The first kappa shape index (κ1) is 12.7. The van der Waals surface area contributed by atoms with Crippen LogP contribution in [0.15, 0.2) is 54.6 Å². The van der Waals surface area contributed by atoms with Gasteiger partial charge in [-0.25, -0.2) is 9.97 Å². The topological polar surface area (TPSA) is 49.8 Å². The van der Waals surface area contributed by atoms with Crippen molar-refractivity contribution in [3.05, 3.63) is 59.6 Å². The maximum absolute atomic E-state index is 6.07. The summed E-state index contributed by atoms with van der Waals surface area (Å²) in [6, 6.07) is 17.7. The number of nitrogens with zero attached hydrogens (tertiary/aromatic N) is 2. The molecule has 3 aromatic carbocycles. The van der Waals surface area contributed by atoms with Crippen LogP contribution in [0.1, 0.15) is 0 Å². The van der Waals surface area contributed by atoms with Crippen LogP contribution >= 0.6 is 11.6 Å². The van der Waals surface area contributed by atoms with Gasteiger partial charge < -0.3 is 10.6 Å². The number of rotatable bonds is 0. The molecule has 5 heteroatoms. The Labute approximate surface area is 137 Å². The van der Waals surface area contributed by atoms with Gasteiger partial charge in [-0.05, 0) is 42.5 Å². The smallest absolute Gasteiger partial charge is 0.0916 e. The van der Waals surface area contributed by atoms with Crippen molar-refractivity contribution in [1.29, 1.82) is 0 Å². The molecule has 0 fully saturated rings. The largest absolute Gasteiger partial charge is 0.352 e. The second-order valence-corrected chi connectivity index (χ2v) is 5.98. The Morgan fingerprint density at radius 1 is 0.609 bits per heavy atom. The van der Waals surface area contributed by atoms with Crippen LogP contribution in [0.4, 0.5) is 22.7 Å². The number of anilines is 4. The lowest BCUT2D eigenvalue weighted by molar-refractivity contribution is 1.38. The average molecular weight is 319 g/mol. The lowest BCUT2D eigenvalue weighted by atomic mass is 10.1. The van der Waals surface area contributed by atoms with Crippen LogP contribution in [0.25, 0.3) is 22.1 Å². The van der Waals surface area contributed by atoms with E-state index in [2.05, 4.69) is 10.6 Å². The van der Waals surface area contributed by atoms with Crippen LogP contribution in [0.3, 0.4) is 0 Å². The molecule has 0 saturated heterocycles. The van der Waals surface area contributed by atoms with E-state index in [1.807, 2.05) is 54.6 Å². The van der Waals surface area contributed by atoms with Gasteiger partial charge in [0.25, 0.3) is 0 Å². The van der Waals surface area contributed by atoms with E-state index in [4.69, 9.17) is 21.6 Å². The predicted molar refractivity (Wildman–Crippen MR) is 95.1 cm³/mol. The monoisotopic (exact) mass is 318 g/mol. The van der Waals surface area contributed by atoms with E-state index < -0.39 is 0 Å². The molecule has 4 aromatic rings. The van der Waals surface area contributed by atoms with Crippen molar-refractivity contribution >= 4 is 56.4 Å². The summed E-state index contributed by atoms with van der Waals surface area (Å²) in [4.78, 5) is 9.41. The Hall–Kier alpha value is -2.85. The Bertz CT molecular complexity index is 1090. The van der Waals surface area contributed by atoms with Gasteiger partial charge in [-0.15, -0.1) is 0 Å². The van der Waals surface area contributed by atoms with Crippen LogP contribution in [0, 0.1) is 0 Å². The van der Waals surface area contributed by atoms with Crippen molar-refractivity contribution in [2.24, 2.45) is 0 Å². The van der Waals surface area contributed by atoms with Gasteiger partial charge in [-0.1, -0.05) is 23.7 Å². The van der Waals surface area contributed by atoms with Gasteiger partial charge in [0, 0.05) is 5.02 Å². The first-order valence-electron chi connectivity index (χ1n) is 7.30. The van der Waals surface area contributed by atoms with Gasteiger partial charge in [-0.2, -0.15) is 0 Å². The molecule has 0 aliphatic carbocycles. The second-order valence-electron chi connectivity index (χ2n) is 5.54. The van der Waals surface area contributed by atoms with Crippen molar-refractivity contribution in [3.8, 4) is 0 Å². The Kier molecular flexibility index (Phi) is 2.52. The van der Waals surface area contributed by atoms with Gasteiger partial charge in [0.15, 0.2) is 0 Å². The summed E-state index contributed by atoms with van der Waals surface area (Å²) in [6.45, 7) is 0. The molecule has 0 atom stereocenters. The zero-order valence-electron chi connectivity index (χ0n) is 12.0. The van der Waals surface area contributed by atoms with Crippen molar-refractivity contribution in [2.75, 3.05) is 10.6 Å². The van der Waals surface area contributed by atoms with E-state index in [0.717, 1.165) is 44.8 Å². The first-order valence-corrected chi connectivity index (χ1v) is 7.68. The van der Waals surface area contributed by atoms with E-state index in [1.54, 1.807) is 0 Å². The zero-order valence-corrected chi connectivity index (χ0v) is 12.7. The van der Waals surface area contributed by atoms with Gasteiger partial charge in [0.2, 0.25) is 0 Å². The summed E-state index contributed by atoms with van der Waals surface area (Å²) < 4.78 is 0. The van der Waals surface area contributed by atoms with Gasteiger partial charge in [0.05, 0.1) is 44.8 Å². The molecule has 0 amide bonds. The van der Waals surface area contributed by atoms with Gasteiger partial charge >= 0.3 is 0 Å². The SMILES string of the molecule is Clc1ccc2c(c1)Nc1cc3nc4ccccc4nc3cc1N2. The summed E-state index contributed by atoms with van der Waals surface area (Å²) in [5.74, 6) is 0. The summed E-state index contributed by atoms with van der Waals surface area (Å²) in [5.41, 5.74) is 7.43. The van der Waals surface area contributed by atoms with Crippen LogP contribution in [-0.2, 0) is 0 Å². The Balaban J connectivity index is 1.72. The molecular weight excluding hydrogens is 308 g/mol. The highest BCUT2D eigenvalue weighted by atomic mass is 35.5. The number of halogens is 1. The second kappa shape index (κ2) is 4.57. The quantitative estimate of drug-likeness (QED) is 0.383. The normalized spacial score (nSPS) is 12.4. The number of fused-ring (bicyclic) bond motifs is 4. The number of benzene rings is 3. The van der Waals surface area contributed by atoms with Crippen molar-refractivity contribution in [1.82, 2.24) is 9.97 Å². The molecule has 0 bridgehead atoms. The standard InChI is InChI=1S/C18H11ClN4/c19-10-5-6-13-14(7-10)23-18-9-16-15(8-17(18)22-13)20-11-3-1-2-4-12(11)21-16/h1-9,22-23H. The van der Waals surface area contributed by atoms with Crippen LogP contribution in [0.5, 0.6) is 0 Å². The fourth-order valence-corrected chi connectivity index (χ4v) is 3.07. The molecule has 0 radical (unpaired) electrons. The highest BCUT2D eigenvalue weighted by molar-refractivity contribution is 6.31. The molecule has 0 saturated carbocycles. The van der Waals surface area contributed by atoms with Crippen molar-refractivity contribution in [3.63, 3.8) is 0 Å². The predicted octanol–water partition coefficient (Wildman–Crippen LogP) is 5.24. The van der Waals surface area contributed by atoms with E-state index in [1.165, 1.54) is 0 Å². The highest BCUT2D eigenvalue weighted by Crippen LogP contribution is 2.41. The minimum absolute atomic E-state index is 0.702. The Morgan fingerprint density at radius 3 is 1.83 bits per heavy atom. The molecule has 0 unspecified atom stereocenters. The molecule has 1 aliphatic rings. The van der Waals surface area contributed by atoms with Crippen LogP contribution in [-0.4, -0.2) is 9.97 Å². The lowest BCUT2D eigenvalue weighted by Crippen LogP contribution is -2.06. The van der Waals surface area contributed by atoms with Crippen molar-refractivity contribution in [2.45, 2.75) is 0 Å². The molecule has 5 rings (SSSR count). The third kappa shape index (κ3) is 1.99. The molecule has 1 aromatic heterocycles. The molecule has 2 N–H and O–H groups in total. The number of hydrogen-bond acceptors (Lipinski definition) is 4. The number of para-hydroxylation sites is 2. The molecule has 110 valence electrons. The number of hydrogen-bond donors (Lipinski definition) is 2. The number of aromatic nitrogens is 2. The first-order chi connectivity index (χ1) is 11.3. The summed E-state index contributed by atoms with van der Waals surface area (Å²) in [5, 5.41) is 7.53. The Morgan fingerprint density at radius 2 is 1.17 bits per heavy atom. The molecule has 0 spiro atoms. The van der Waals surface area contributed by atoms with E-state index in [0.29, 0.717) is 5.02 Å². The summed E-state index contributed by atoms with van der Waals surface area (Å²) in [6.07, 6.45) is 0. The van der Waals surface area contributed by atoms with E-state index >= 15 is 0 Å². The molecule has 4 nitrogen and oxygen atoms in total. The van der Waals surface area contributed by atoms with Gasteiger partial charge in [0.1, 0.15) is 0 Å².